The molecule has 0 spiro atoms. The van der Waals surface area contributed by atoms with E-state index in [-0.39, 0.29) is 17.6 Å². The topological polar surface area (TPSA) is 64.4 Å². The van der Waals surface area contributed by atoms with E-state index in [1.807, 2.05) is 48.2 Å². The number of ether oxygens (including phenoxy) is 1. The maximum Gasteiger partial charge on any atom is 0.272 e. The van der Waals surface area contributed by atoms with Crippen molar-refractivity contribution in [2.75, 3.05) is 13.1 Å². The molecule has 1 aromatic carbocycles. The summed E-state index contributed by atoms with van der Waals surface area (Å²) in [5, 5.41) is 1.02. The van der Waals surface area contributed by atoms with Gasteiger partial charge in [-0.25, -0.2) is 4.98 Å². The van der Waals surface area contributed by atoms with Crippen molar-refractivity contribution in [2.45, 2.75) is 25.9 Å². The first-order chi connectivity index (χ1) is 13.5. The number of aryl methyl sites for hydroxylation is 1. The van der Waals surface area contributed by atoms with Crippen molar-refractivity contribution in [1.29, 1.82) is 0 Å². The molecule has 28 heavy (non-hydrogen) atoms. The van der Waals surface area contributed by atoms with Crippen LogP contribution in [0.5, 0.6) is 5.75 Å². The van der Waals surface area contributed by atoms with E-state index < -0.39 is 0 Å². The number of aromatic nitrogens is 2. The zero-order valence-electron chi connectivity index (χ0n) is 16.1. The van der Waals surface area contributed by atoms with Crippen LogP contribution in [0.25, 0.3) is 10.9 Å². The van der Waals surface area contributed by atoms with E-state index >= 15 is 0 Å². The summed E-state index contributed by atoms with van der Waals surface area (Å²) in [6.07, 6.45) is 1.46. The first-order valence-corrected chi connectivity index (χ1v) is 9.51. The summed E-state index contributed by atoms with van der Waals surface area (Å²) < 4.78 is 7.58. The maximum atomic E-state index is 12.8. The Balaban J connectivity index is 1.40. The number of para-hydroxylation sites is 1. The van der Waals surface area contributed by atoms with Gasteiger partial charge in [-0.2, -0.15) is 0 Å². The van der Waals surface area contributed by atoms with Crippen LogP contribution >= 0.6 is 0 Å². The molecule has 6 heteroatoms. The smallest absolute Gasteiger partial charge is 0.272 e. The number of nitrogens with zero attached hydrogens (tertiary/aromatic N) is 3. The summed E-state index contributed by atoms with van der Waals surface area (Å²) in [5.41, 5.74) is 2.08. The van der Waals surface area contributed by atoms with E-state index in [1.165, 1.54) is 6.07 Å². The Bertz CT molecular complexity index is 1080. The SMILES string of the molecule is Cc1cc(OC2CCN(C(=O)c3ccc4ccccc4n3)CC2)cc(=O)n1C. The van der Waals surface area contributed by atoms with Crippen LogP contribution < -0.4 is 10.3 Å². The van der Waals surface area contributed by atoms with Crippen LogP contribution in [0.3, 0.4) is 0 Å². The predicted molar refractivity (Wildman–Crippen MR) is 108 cm³/mol. The third kappa shape index (κ3) is 3.63. The Morgan fingerprint density at radius 1 is 1.11 bits per heavy atom. The largest absolute Gasteiger partial charge is 0.490 e. The van der Waals surface area contributed by atoms with Gasteiger partial charge >= 0.3 is 0 Å². The molecular weight excluding hydrogens is 354 g/mol. The number of rotatable bonds is 3. The zero-order valence-corrected chi connectivity index (χ0v) is 16.1. The van der Waals surface area contributed by atoms with Crippen molar-refractivity contribution in [1.82, 2.24) is 14.5 Å². The van der Waals surface area contributed by atoms with Crippen LogP contribution in [0.15, 0.2) is 53.3 Å². The van der Waals surface area contributed by atoms with Crippen LogP contribution in [0.1, 0.15) is 29.0 Å². The molecule has 144 valence electrons. The van der Waals surface area contributed by atoms with Crippen molar-refractivity contribution in [3.63, 3.8) is 0 Å². The highest BCUT2D eigenvalue weighted by molar-refractivity contribution is 5.94. The van der Waals surface area contributed by atoms with Gasteiger partial charge in [0.15, 0.2) is 0 Å². The van der Waals surface area contributed by atoms with Crippen LogP contribution in [0, 0.1) is 6.92 Å². The Morgan fingerprint density at radius 2 is 1.86 bits per heavy atom. The Kier molecular flexibility index (Phi) is 4.86. The number of benzene rings is 1. The van der Waals surface area contributed by atoms with Gasteiger partial charge in [-0.05, 0) is 25.1 Å². The highest BCUT2D eigenvalue weighted by atomic mass is 16.5. The number of carbonyl (C=O) groups excluding carboxylic acids is 1. The van der Waals surface area contributed by atoms with Gasteiger partial charge in [0.2, 0.25) is 0 Å². The molecule has 0 bridgehead atoms. The molecule has 1 saturated heterocycles. The van der Waals surface area contributed by atoms with Crippen molar-refractivity contribution >= 4 is 16.8 Å². The molecule has 1 aliphatic heterocycles. The molecule has 3 heterocycles. The van der Waals surface area contributed by atoms with Gasteiger partial charge in [-0.15, -0.1) is 0 Å². The fourth-order valence-electron chi connectivity index (χ4n) is 3.52. The standard InChI is InChI=1S/C22H23N3O3/c1-15-13-18(14-21(26)24(15)2)28-17-9-11-25(12-10-17)22(27)20-8-7-16-5-3-4-6-19(16)23-20/h3-8,13-14,17H,9-12H2,1-2H3. The van der Waals surface area contributed by atoms with E-state index in [4.69, 9.17) is 4.74 Å². The molecule has 1 amide bonds. The molecule has 0 aliphatic carbocycles. The van der Waals surface area contributed by atoms with Gasteiger partial charge in [0.1, 0.15) is 17.5 Å². The summed E-state index contributed by atoms with van der Waals surface area (Å²) in [6, 6.07) is 14.9. The Labute approximate surface area is 163 Å². The molecule has 0 radical (unpaired) electrons. The fraction of sp³-hybridized carbons (Fsp3) is 0.318. The lowest BCUT2D eigenvalue weighted by Crippen LogP contribution is -2.42. The van der Waals surface area contributed by atoms with Crippen LogP contribution in [0.4, 0.5) is 0 Å². The number of pyridine rings is 2. The average Bonchev–Trinajstić information content (AvgIpc) is 2.71. The molecule has 0 unspecified atom stereocenters. The minimum Gasteiger partial charge on any atom is -0.490 e. The van der Waals surface area contributed by atoms with Crippen LogP contribution in [-0.2, 0) is 7.05 Å². The number of hydrogen-bond acceptors (Lipinski definition) is 4. The van der Waals surface area contributed by atoms with Crippen LogP contribution in [0.2, 0.25) is 0 Å². The molecule has 3 aromatic rings. The minimum absolute atomic E-state index is 0.000110. The molecule has 1 fully saturated rings. The second-order valence-electron chi connectivity index (χ2n) is 7.23. The van der Waals surface area contributed by atoms with Crippen molar-refractivity contribution in [2.24, 2.45) is 7.05 Å². The molecule has 1 aliphatic rings. The summed E-state index contributed by atoms with van der Waals surface area (Å²) in [7, 11) is 1.74. The second kappa shape index (κ2) is 7.46. The first-order valence-electron chi connectivity index (χ1n) is 9.51. The Morgan fingerprint density at radius 3 is 2.61 bits per heavy atom. The zero-order chi connectivity index (χ0) is 19.7. The predicted octanol–water partition coefficient (Wildman–Crippen LogP) is 2.93. The number of amides is 1. The highest BCUT2D eigenvalue weighted by Crippen LogP contribution is 2.20. The van der Waals surface area contributed by atoms with Gasteiger partial charge in [-0.3, -0.25) is 9.59 Å². The van der Waals surface area contributed by atoms with E-state index in [1.54, 1.807) is 17.7 Å². The molecular formula is C22H23N3O3. The molecule has 2 aromatic heterocycles. The quantitative estimate of drug-likeness (QED) is 0.704. The van der Waals surface area contributed by atoms with Gasteiger partial charge in [0.25, 0.3) is 11.5 Å². The van der Waals surface area contributed by atoms with Gasteiger partial charge < -0.3 is 14.2 Å². The van der Waals surface area contributed by atoms with Crippen molar-refractivity contribution < 1.29 is 9.53 Å². The van der Waals surface area contributed by atoms with Crippen molar-refractivity contribution in [3.8, 4) is 5.75 Å². The number of carbonyl (C=O) groups is 1. The summed E-state index contributed by atoms with van der Waals surface area (Å²) >= 11 is 0. The lowest BCUT2D eigenvalue weighted by atomic mass is 10.1. The van der Waals surface area contributed by atoms with E-state index in [9.17, 15) is 9.59 Å². The van der Waals surface area contributed by atoms with Gasteiger partial charge in [0, 0.05) is 50.1 Å². The van der Waals surface area contributed by atoms with Crippen molar-refractivity contribution in [3.05, 3.63) is 70.3 Å². The number of fused-ring (bicyclic) bond motifs is 1. The fourth-order valence-corrected chi connectivity index (χ4v) is 3.52. The Hall–Kier alpha value is -3.15. The lowest BCUT2D eigenvalue weighted by molar-refractivity contribution is 0.0590. The second-order valence-corrected chi connectivity index (χ2v) is 7.23. The van der Waals surface area contributed by atoms with E-state index in [0.29, 0.717) is 24.5 Å². The molecule has 4 rings (SSSR count). The molecule has 6 nitrogen and oxygen atoms in total. The maximum absolute atomic E-state index is 12.8. The molecule has 0 saturated carbocycles. The first kappa shape index (κ1) is 18.2. The van der Waals surface area contributed by atoms with Gasteiger partial charge in [-0.1, -0.05) is 24.3 Å². The average molecular weight is 377 g/mol. The molecule has 0 atom stereocenters. The number of hydrogen-bond donors (Lipinski definition) is 0. The lowest BCUT2D eigenvalue weighted by Gasteiger charge is -2.32. The minimum atomic E-state index is -0.0787. The monoisotopic (exact) mass is 377 g/mol. The summed E-state index contributed by atoms with van der Waals surface area (Å²) in [4.78, 5) is 31.1. The van der Waals surface area contributed by atoms with E-state index in [2.05, 4.69) is 4.98 Å². The normalized spacial score (nSPS) is 15.0. The number of piperidine rings is 1. The molecule has 0 N–H and O–H groups in total. The summed E-state index contributed by atoms with van der Waals surface area (Å²) in [6.45, 7) is 3.11. The van der Waals surface area contributed by atoms with E-state index in [0.717, 1.165) is 29.4 Å². The third-order valence-corrected chi connectivity index (χ3v) is 5.33. The summed E-state index contributed by atoms with van der Waals surface area (Å²) in [5.74, 6) is 0.551. The van der Waals surface area contributed by atoms with Gasteiger partial charge in [0.05, 0.1) is 5.52 Å². The number of likely N-dealkylation sites (tertiary alicyclic amines) is 1. The highest BCUT2D eigenvalue weighted by Gasteiger charge is 2.25. The third-order valence-electron chi connectivity index (χ3n) is 5.33. The van der Waals surface area contributed by atoms with Crippen LogP contribution in [-0.4, -0.2) is 39.6 Å².